The van der Waals surface area contributed by atoms with Crippen molar-refractivity contribution in [3.05, 3.63) is 14.9 Å². The number of rotatable bonds is 5. The van der Waals surface area contributed by atoms with E-state index in [1.807, 2.05) is 0 Å². The normalized spacial score (nSPS) is 12.1. The van der Waals surface area contributed by atoms with Gasteiger partial charge >= 0.3 is 0 Å². The molecule has 0 spiro atoms. The summed E-state index contributed by atoms with van der Waals surface area (Å²) in [5.74, 6) is -0.355. The number of carbonyl (C=O) groups excluding carboxylic acids is 1. The Bertz CT molecular complexity index is 505. The molecule has 0 saturated heterocycles. The summed E-state index contributed by atoms with van der Waals surface area (Å²) in [6.07, 6.45) is 0. The molecule has 8 heteroatoms. The molecule has 96 valence electrons. The molecule has 1 aromatic rings. The van der Waals surface area contributed by atoms with Crippen molar-refractivity contribution in [2.45, 2.75) is 18.1 Å². The molecule has 0 aliphatic rings. The highest BCUT2D eigenvalue weighted by atomic mass is 79.9. The van der Waals surface area contributed by atoms with E-state index in [1.54, 1.807) is 13.8 Å². The Morgan fingerprint density at radius 2 is 2.18 bits per heavy atom. The van der Waals surface area contributed by atoms with Crippen LogP contribution >= 0.6 is 38.9 Å². The van der Waals surface area contributed by atoms with Gasteiger partial charge in [0.15, 0.2) is 0 Å². The van der Waals surface area contributed by atoms with Crippen LogP contribution in [0.15, 0.2) is 14.1 Å². The molecule has 4 nitrogen and oxygen atoms in total. The lowest BCUT2D eigenvalue weighted by Crippen LogP contribution is -2.31. The fraction of sp³-hybridized carbons (Fsp3) is 0.444. The largest absolute Gasteiger partial charge is 0.298 e. The summed E-state index contributed by atoms with van der Waals surface area (Å²) >= 11 is 9.90. The Kier molecular flexibility index (Phi) is 5.15. The second-order valence-electron chi connectivity index (χ2n) is 3.63. The number of carbonyl (C=O) groups is 1. The standard InChI is InChI=1S/C9H11BrClNO3S2/c1-5(2)7(13)4-12-17(14,15)8-3-6(11)9(10)16-8/h3,5,12H,4H2,1-2H3. The van der Waals surface area contributed by atoms with Crippen LogP contribution < -0.4 is 4.72 Å². The lowest BCUT2D eigenvalue weighted by molar-refractivity contribution is -0.120. The summed E-state index contributed by atoms with van der Waals surface area (Å²) in [5.41, 5.74) is 0. The van der Waals surface area contributed by atoms with Crippen molar-refractivity contribution in [3.63, 3.8) is 0 Å². The van der Waals surface area contributed by atoms with Crippen LogP contribution in [0.4, 0.5) is 0 Å². The van der Waals surface area contributed by atoms with Gasteiger partial charge in [0.2, 0.25) is 0 Å². The minimum Gasteiger partial charge on any atom is -0.298 e. The maximum absolute atomic E-state index is 11.8. The summed E-state index contributed by atoms with van der Waals surface area (Å²) in [6.45, 7) is 3.23. The summed E-state index contributed by atoms with van der Waals surface area (Å²) in [7, 11) is -3.66. The molecule has 0 radical (unpaired) electrons. The van der Waals surface area contributed by atoms with E-state index in [0.717, 1.165) is 11.3 Å². The SMILES string of the molecule is CC(C)C(=O)CNS(=O)(=O)c1cc(Cl)c(Br)s1. The zero-order valence-electron chi connectivity index (χ0n) is 9.16. The number of nitrogens with one attached hydrogen (secondary N) is 1. The number of thiophene rings is 1. The Morgan fingerprint density at radius 3 is 2.59 bits per heavy atom. The maximum Gasteiger partial charge on any atom is 0.250 e. The van der Waals surface area contributed by atoms with E-state index in [4.69, 9.17) is 11.6 Å². The Morgan fingerprint density at radius 1 is 1.59 bits per heavy atom. The second kappa shape index (κ2) is 5.79. The number of Topliss-reactive ketones (excluding diaryl/α,β-unsaturated/α-hetero) is 1. The topological polar surface area (TPSA) is 63.2 Å². The smallest absolute Gasteiger partial charge is 0.250 e. The Hall–Kier alpha value is 0.0500. The number of hydrogen-bond acceptors (Lipinski definition) is 4. The van der Waals surface area contributed by atoms with Crippen molar-refractivity contribution in [3.8, 4) is 0 Å². The van der Waals surface area contributed by atoms with Gasteiger partial charge in [-0.25, -0.2) is 13.1 Å². The van der Waals surface area contributed by atoms with Gasteiger partial charge in [-0.3, -0.25) is 4.79 Å². The van der Waals surface area contributed by atoms with Gasteiger partial charge in [0.25, 0.3) is 10.0 Å². The summed E-state index contributed by atoms with van der Waals surface area (Å²) in [6, 6.07) is 1.35. The molecule has 0 aliphatic carbocycles. The van der Waals surface area contributed by atoms with Crippen molar-refractivity contribution >= 4 is 54.7 Å². The first-order valence-electron chi connectivity index (χ1n) is 4.71. The highest BCUT2D eigenvalue weighted by Gasteiger charge is 2.20. The van der Waals surface area contributed by atoms with Gasteiger partial charge in [-0.05, 0) is 22.0 Å². The third kappa shape index (κ3) is 4.03. The van der Waals surface area contributed by atoms with Crippen molar-refractivity contribution in [1.29, 1.82) is 0 Å². The fourth-order valence-electron chi connectivity index (χ4n) is 0.901. The Balaban J connectivity index is 2.79. The van der Waals surface area contributed by atoms with Crippen molar-refractivity contribution in [1.82, 2.24) is 4.72 Å². The molecular formula is C9H11BrClNO3S2. The van der Waals surface area contributed by atoms with Gasteiger partial charge < -0.3 is 0 Å². The van der Waals surface area contributed by atoms with Crippen LogP contribution in [0.5, 0.6) is 0 Å². The molecular weight excluding hydrogens is 350 g/mol. The van der Waals surface area contributed by atoms with Crippen LogP contribution in [0, 0.1) is 5.92 Å². The van der Waals surface area contributed by atoms with Crippen molar-refractivity contribution in [2.75, 3.05) is 6.54 Å². The van der Waals surface area contributed by atoms with E-state index in [2.05, 4.69) is 20.7 Å². The molecule has 0 bridgehead atoms. The predicted molar refractivity (Wildman–Crippen MR) is 72.1 cm³/mol. The highest BCUT2D eigenvalue weighted by molar-refractivity contribution is 9.11. The quantitative estimate of drug-likeness (QED) is 0.878. The van der Waals surface area contributed by atoms with E-state index >= 15 is 0 Å². The molecule has 0 aromatic carbocycles. The van der Waals surface area contributed by atoms with E-state index in [1.165, 1.54) is 6.07 Å². The Labute approximate surface area is 118 Å². The second-order valence-corrected chi connectivity index (χ2v) is 8.40. The molecule has 1 heterocycles. The molecule has 0 fully saturated rings. The average Bonchev–Trinajstić information content (AvgIpc) is 2.56. The molecule has 0 atom stereocenters. The summed E-state index contributed by atoms with van der Waals surface area (Å²) < 4.78 is 26.5. The minimum absolute atomic E-state index is 0.0888. The first-order chi connectivity index (χ1) is 7.74. The van der Waals surface area contributed by atoms with Gasteiger partial charge in [-0.2, -0.15) is 0 Å². The molecule has 0 amide bonds. The van der Waals surface area contributed by atoms with Gasteiger partial charge in [0, 0.05) is 5.92 Å². The third-order valence-electron chi connectivity index (χ3n) is 1.97. The lowest BCUT2D eigenvalue weighted by Gasteiger charge is -2.05. The van der Waals surface area contributed by atoms with Crippen LogP contribution in [0.3, 0.4) is 0 Å². The summed E-state index contributed by atoms with van der Waals surface area (Å²) in [4.78, 5) is 11.3. The molecule has 17 heavy (non-hydrogen) atoms. The first-order valence-corrected chi connectivity index (χ1v) is 8.18. The maximum atomic E-state index is 11.8. The number of halogens is 2. The predicted octanol–water partition coefficient (Wildman–Crippen LogP) is 2.67. The van der Waals surface area contributed by atoms with Crippen molar-refractivity contribution < 1.29 is 13.2 Å². The molecule has 0 unspecified atom stereocenters. The first kappa shape index (κ1) is 15.1. The van der Waals surface area contributed by atoms with E-state index in [9.17, 15) is 13.2 Å². The molecule has 0 saturated carbocycles. The van der Waals surface area contributed by atoms with Gasteiger partial charge in [0.1, 0.15) is 9.99 Å². The van der Waals surface area contributed by atoms with Gasteiger partial charge in [-0.1, -0.05) is 25.4 Å². The van der Waals surface area contributed by atoms with Crippen LogP contribution in [-0.4, -0.2) is 20.7 Å². The van der Waals surface area contributed by atoms with Crippen LogP contribution in [0.25, 0.3) is 0 Å². The number of sulfonamides is 1. The number of hydrogen-bond donors (Lipinski definition) is 1. The van der Waals surface area contributed by atoms with E-state index in [0.29, 0.717) is 8.81 Å². The third-order valence-corrected chi connectivity index (χ3v) is 6.32. The van der Waals surface area contributed by atoms with Gasteiger partial charge in [-0.15, -0.1) is 11.3 Å². The van der Waals surface area contributed by atoms with E-state index in [-0.39, 0.29) is 22.5 Å². The highest BCUT2D eigenvalue weighted by Crippen LogP contribution is 2.34. The summed E-state index contributed by atoms with van der Waals surface area (Å²) in [5, 5.41) is 0.338. The zero-order valence-corrected chi connectivity index (χ0v) is 13.1. The molecule has 1 N–H and O–H groups in total. The average molecular weight is 361 g/mol. The van der Waals surface area contributed by atoms with Gasteiger partial charge in [0.05, 0.1) is 15.4 Å². The monoisotopic (exact) mass is 359 g/mol. The van der Waals surface area contributed by atoms with E-state index < -0.39 is 10.0 Å². The van der Waals surface area contributed by atoms with Crippen LogP contribution in [-0.2, 0) is 14.8 Å². The zero-order chi connectivity index (χ0) is 13.2. The number of ketones is 1. The van der Waals surface area contributed by atoms with Crippen LogP contribution in [0.1, 0.15) is 13.8 Å². The van der Waals surface area contributed by atoms with Crippen LogP contribution in [0.2, 0.25) is 5.02 Å². The molecule has 1 aromatic heterocycles. The van der Waals surface area contributed by atoms with Crippen molar-refractivity contribution in [2.24, 2.45) is 5.92 Å². The molecule has 1 rings (SSSR count). The molecule has 0 aliphatic heterocycles. The lowest BCUT2D eigenvalue weighted by atomic mass is 10.1. The minimum atomic E-state index is -3.66. The fourth-order valence-corrected chi connectivity index (χ4v) is 4.34.